The summed E-state index contributed by atoms with van der Waals surface area (Å²) in [5, 5.41) is 12.0. The van der Waals surface area contributed by atoms with E-state index in [9.17, 15) is 4.79 Å². The average molecular weight is 438 g/mol. The van der Waals surface area contributed by atoms with Crippen LogP contribution in [0.1, 0.15) is 20.8 Å². The van der Waals surface area contributed by atoms with Crippen LogP contribution in [0.15, 0.2) is 48.5 Å². The molecule has 162 valence electrons. The summed E-state index contributed by atoms with van der Waals surface area (Å²) in [5.41, 5.74) is 7.93. The lowest BCUT2D eigenvalue weighted by Crippen LogP contribution is -2.58. The molecule has 7 heteroatoms. The fourth-order valence-electron chi connectivity index (χ4n) is 4.10. The Morgan fingerprint density at radius 3 is 2.39 bits per heavy atom. The van der Waals surface area contributed by atoms with Crippen molar-refractivity contribution in [1.29, 1.82) is 0 Å². The highest BCUT2D eigenvalue weighted by Crippen LogP contribution is 2.32. The largest absolute Gasteiger partial charge is 0.351 e. The number of nitrogens with two attached hydrogens (primary N) is 1. The Bertz CT molecular complexity index is 1090. The molecular formula is C24H28ClN5O. The number of carbonyl (C=O) groups excluding carboxylic acids is 1. The Kier molecular flexibility index (Phi) is 6.12. The second-order valence-electron chi connectivity index (χ2n) is 8.52. The summed E-state index contributed by atoms with van der Waals surface area (Å²) in [7, 11) is 0. The molecule has 3 aromatic rings. The summed E-state index contributed by atoms with van der Waals surface area (Å²) >= 11 is 6.05. The van der Waals surface area contributed by atoms with Crippen molar-refractivity contribution in [2.45, 2.75) is 32.9 Å². The fraction of sp³-hybridized carbons (Fsp3) is 0.375. The minimum absolute atomic E-state index is 0.0242. The van der Waals surface area contributed by atoms with Crippen molar-refractivity contribution in [3.63, 3.8) is 0 Å². The first-order chi connectivity index (χ1) is 14.9. The van der Waals surface area contributed by atoms with E-state index in [1.165, 1.54) is 0 Å². The maximum Gasteiger partial charge on any atom is 0.240 e. The Labute approximate surface area is 188 Å². The first kappa shape index (κ1) is 21.5. The SMILES string of the molecule is CC(C)[C@H](N)C(=O)N1CCN(c2nnc(-c3ccc(Cl)cc3)c3ccccc23)C[C@@H]1C. The van der Waals surface area contributed by atoms with E-state index in [4.69, 9.17) is 17.3 Å². The van der Waals surface area contributed by atoms with Crippen LogP contribution in [0, 0.1) is 5.92 Å². The van der Waals surface area contributed by atoms with Crippen LogP contribution < -0.4 is 10.6 Å². The number of aromatic nitrogens is 2. The average Bonchev–Trinajstić information content (AvgIpc) is 2.78. The molecule has 4 rings (SSSR count). The van der Waals surface area contributed by atoms with E-state index >= 15 is 0 Å². The maximum absolute atomic E-state index is 12.8. The van der Waals surface area contributed by atoms with Crippen LogP contribution in [0.5, 0.6) is 0 Å². The molecule has 0 radical (unpaired) electrons. The number of fused-ring (bicyclic) bond motifs is 1. The van der Waals surface area contributed by atoms with Gasteiger partial charge >= 0.3 is 0 Å². The molecule has 1 fully saturated rings. The van der Waals surface area contributed by atoms with Gasteiger partial charge in [-0.3, -0.25) is 4.79 Å². The smallest absolute Gasteiger partial charge is 0.240 e. The number of rotatable bonds is 4. The van der Waals surface area contributed by atoms with E-state index < -0.39 is 6.04 Å². The van der Waals surface area contributed by atoms with Gasteiger partial charge in [0.1, 0.15) is 5.69 Å². The maximum atomic E-state index is 12.8. The van der Waals surface area contributed by atoms with Crippen molar-refractivity contribution >= 4 is 34.1 Å². The first-order valence-corrected chi connectivity index (χ1v) is 11.1. The highest BCUT2D eigenvalue weighted by atomic mass is 35.5. The molecular weight excluding hydrogens is 410 g/mol. The van der Waals surface area contributed by atoms with Crippen LogP contribution in [0.25, 0.3) is 22.0 Å². The number of hydrogen-bond acceptors (Lipinski definition) is 5. The van der Waals surface area contributed by atoms with Crippen LogP contribution in [0.3, 0.4) is 0 Å². The minimum Gasteiger partial charge on any atom is -0.351 e. The summed E-state index contributed by atoms with van der Waals surface area (Å²) in [4.78, 5) is 16.9. The summed E-state index contributed by atoms with van der Waals surface area (Å²) < 4.78 is 0. The molecule has 2 N–H and O–H groups in total. The third-order valence-electron chi connectivity index (χ3n) is 6.00. The predicted molar refractivity (Wildman–Crippen MR) is 126 cm³/mol. The molecule has 1 aromatic heterocycles. The van der Waals surface area contributed by atoms with Crippen molar-refractivity contribution in [1.82, 2.24) is 15.1 Å². The lowest BCUT2D eigenvalue weighted by atomic mass is 10.0. The minimum atomic E-state index is -0.465. The molecule has 0 saturated carbocycles. The second-order valence-corrected chi connectivity index (χ2v) is 8.96. The van der Waals surface area contributed by atoms with Gasteiger partial charge in [-0.15, -0.1) is 10.2 Å². The van der Waals surface area contributed by atoms with Crippen LogP contribution in [0.4, 0.5) is 5.82 Å². The van der Waals surface area contributed by atoms with Gasteiger partial charge in [0.25, 0.3) is 0 Å². The number of anilines is 1. The molecule has 0 spiro atoms. The van der Waals surface area contributed by atoms with Gasteiger partial charge in [-0.2, -0.15) is 0 Å². The van der Waals surface area contributed by atoms with Crippen LogP contribution in [-0.2, 0) is 4.79 Å². The molecule has 0 unspecified atom stereocenters. The topological polar surface area (TPSA) is 75.4 Å². The van der Waals surface area contributed by atoms with E-state index in [1.807, 2.05) is 55.1 Å². The molecule has 0 aliphatic carbocycles. The highest BCUT2D eigenvalue weighted by Gasteiger charge is 2.32. The number of amides is 1. The van der Waals surface area contributed by atoms with Gasteiger partial charge in [0.15, 0.2) is 5.82 Å². The van der Waals surface area contributed by atoms with Gasteiger partial charge in [-0.1, -0.05) is 61.8 Å². The van der Waals surface area contributed by atoms with Crippen molar-refractivity contribution in [3.8, 4) is 11.3 Å². The molecule has 2 atom stereocenters. The Morgan fingerprint density at radius 2 is 1.74 bits per heavy atom. The third kappa shape index (κ3) is 4.23. The zero-order chi connectivity index (χ0) is 22.1. The standard InChI is InChI=1S/C24H28ClN5O/c1-15(2)21(26)24(31)30-13-12-29(14-16(30)3)23-20-7-5-4-6-19(20)22(27-28-23)17-8-10-18(25)11-9-17/h4-11,15-16,21H,12-14,26H2,1-3H3/t16-,21-/m0/s1. The molecule has 2 heterocycles. The van der Waals surface area contributed by atoms with Gasteiger partial charge in [0.2, 0.25) is 5.91 Å². The summed E-state index contributed by atoms with van der Waals surface area (Å²) in [5.74, 6) is 0.990. The van der Waals surface area contributed by atoms with E-state index in [0.717, 1.165) is 27.8 Å². The zero-order valence-electron chi connectivity index (χ0n) is 18.1. The van der Waals surface area contributed by atoms with E-state index in [-0.39, 0.29) is 17.9 Å². The Hall–Kier alpha value is -2.70. The molecule has 1 amide bonds. The number of piperazine rings is 1. The van der Waals surface area contributed by atoms with Crippen molar-refractivity contribution < 1.29 is 4.79 Å². The summed E-state index contributed by atoms with van der Waals surface area (Å²) in [6.07, 6.45) is 0. The third-order valence-corrected chi connectivity index (χ3v) is 6.25. The molecule has 1 saturated heterocycles. The molecule has 6 nitrogen and oxygen atoms in total. The molecule has 2 aromatic carbocycles. The number of halogens is 1. The van der Waals surface area contributed by atoms with Gasteiger partial charge in [0, 0.05) is 47.0 Å². The van der Waals surface area contributed by atoms with Gasteiger partial charge in [-0.05, 0) is 25.0 Å². The van der Waals surface area contributed by atoms with Crippen LogP contribution in [0.2, 0.25) is 5.02 Å². The van der Waals surface area contributed by atoms with Gasteiger partial charge in [0.05, 0.1) is 6.04 Å². The first-order valence-electron chi connectivity index (χ1n) is 10.7. The predicted octanol–water partition coefficient (Wildman–Crippen LogP) is 3.97. The van der Waals surface area contributed by atoms with Crippen molar-refractivity contribution in [2.75, 3.05) is 24.5 Å². The Morgan fingerprint density at radius 1 is 1.06 bits per heavy atom. The molecule has 1 aliphatic heterocycles. The molecule has 0 bridgehead atoms. The highest BCUT2D eigenvalue weighted by molar-refractivity contribution is 6.30. The van der Waals surface area contributed by atoms with Crippen LogP contribution >= 0.6 is 11.6 Å². The number of hydrogen-bond donors (Lipinski definition) is 1. The van der Waals surface area contributed by atoms with E-state index in [2.05, 4.69) is 34.2 Å². The molecule has 1 aliphatic rings. The zero-order valence-corrected chi connectivity index (χ0v) is 18.9. The lowest BCUT2D eigenvalue weighted by Gasteiger charge is -2.41. The number of nitrogens with zero attached hydrogens (tertiary/aromatic N) is 4. The number of benzene rings is 2. The molecule has 31 heavy (non-hydrogen) atoms. The van der Waals surface area contributed by atoms with Gasteiger partial charge < -0.3 is 15.5 Å². The van der Waals surface area contributed by atoms with Crippen molar-refractivity contribution in [2.24, 2.45) is 11.7 Å². The lowest BCUT2D eigenvalue weighted by molar-refractivity contribution is -0.136. The quantitative estimate of drug-likeness (QED) is 0.668. The second kappa shape index (κ2) is 8.81. The normalized spacial score (nSPS) is 17.9. The van der Waals surface area contributed by atoms with E-state index in [0.29, 0.717) is 24.7 Å². The van der Waals surface area contributed by atoms with Crippen LogP contribution in [-0.4, -0.2) is 52.7 Å². The van der Waals surface area contributed by atoms with E-state index in [1.54, 1.807) is 0 Å². The van der Waals surface area contributed by atoms with Crippen molar-refractivity contribution in [3.05, 3.63) is 53.6 Å². The number of carbonyl (C=O) groups is 1. The monoisotopic (exact) mass is 437 g/mol. The van der Waals surface area contributed by atoms with Gasteiger partial charge in [-0.25, -0.2) is 0 Å². The Balaban J connectivity index is 1.63. The summed E-state index contributed by atoms with van der Waals surface area (Å²) in [6, 6.07) is 15.4. The summed E-state index contributed by atoms with van der Waals surface area (Å²) in [6.45, 7) is 8.03. The fourth-order valence-corrected chi connectivity index (χ4v) is 4.22.